The van der Waals surface area contributed by atoms with Crippen LogP contribution in [-0.2, 0) is 4.79 Å². The summed E-state index contributed by atoms with van der Waals surface area (Å²) in [6.45, 7) is 2.28. The molecule has 0 aliphatic heterocycles. The van der Waals surface area contributed by atoms with E-state index in [1.807, 2.05) is 18.2 Å². The summed E-state index contributed by atoms with van der Waals surface area (Å²) in [6.07, 6.45) is 4.63. The van der Waals surface area contributed by atoms with Crippen molar-refractivity contribution in [2.24, 2.45) is 5.92 Å². The second-order valence-electron chi connectivity index (χ2n) is 5.83. The van der Waals surface area contributed by atoms with Gasteiger partial charge in [-0.05, 0) is 43.0 Å². The first kappa shape index (κ1) is 15.7. The fraction of sp³-hybridized carbons (Fsp3) is 0.278. The molecule has 1 aliphatic carbocycles. The van der Waals surface area contributed by atoms with Crippen molar-refractivity contribution < 1.29 is 9.59 Å². The van der Waals surface area contributed by atoms with E-state index in [0.717, 1.165) is 29.8 Å². The first-order valence-electron chi connectivity index (χ1n) is 7.57. The fourth-order valence-corrected chi connectivity index (χ4v) is 2.77. The summed E-state index contributed by atoms with van der Waals surface area (Å²) in [5.74, 6) is 0.590. The quantitative estimate of drug-likeness (QED) is 0.780. The largest absolute Gasteiger partial charge is 0.311 e. The van der Waals surface area contributed by atoms with Gasteiger partial charge in [-0.1, -0.05) is 17.7 Å². The van der Waals surface area contributed by atoms with Crippen LogP contribution in [0.5, 0.6) is 0 Å². The lowest BCUT2D eigenvalue weighted by atomic mass is 10.1. The summed E-state index contributed by atoms with van der Waals surface area (Å²) in [4.78, 5) is 28.6. The number of halogens is 1. The molecule has 0 unspecified atom stereocenters. The minimum atomic E-state index is 0.0000101. The van der Waals surface area contributed by atoms with Crippen LogP contribution < -0.4 is 4.90 Å². The van der Waals surface area contributed by atoms with Crippen LogP contribution in [0.25, 0.3) is 11.3 Å². The topological polar surface area (TPSA) is 50.3 Å². The molecule has 4 nitrogen and oxygen atoms in total. The van der Waals surface area contributed by atoms with Gasteiger partial charge in [0.05, 0.1) is 16.4 Å². The number of anilines is 1. The number of aromatic nitrogens is 1. The number of pyridine rings is 1. The zero-order valence-electron chi connectivity index (χ0n) is 12.8. The lowest BCUT2D eigenvalue weighted by Crippen LogP contribution is -2.30. The Bertz CT molecular complexity index is 739. The summed E-state index contributed by atoms with van der Waals surface area (Å²) in [5, 5.41) is 0.527. The number of amides is 1. The van der Waals surface area contributed by atoms with E-state index in [-0.39, 0.29) is 5.91 Å². The summed E-state index contributed by atoms with van der Waals surface area (Å²) >= 11 is 6.40. The smallest absolute Gasteiger partial charge is 0.223 e. The molecule has 1 aliphatic rings. The average Bonchev–Trinajstić information content (AvgIpc) is 3.37. The molecule has 0 N–H and O–H groups in total. The number of rotatable bonds is 5. The predicted molar refractivity (Wildman–Crippen MR) is 90.8 cm³/mol. The highest BCUT2D eigenvalue weighted by atomic mass is 35.5. The zero-order valence-corrected chi connectivity index (χ0v) is 13.6. The van der Waals surface area contributed by atoms with E-state index in [1.165, 1.54) is 19.0 Å². The van der Waals surface area contributed by atoms with Gasteiger partial charge in [0.1, 0.15) is 0 Å². The van der Waals surface area contributed by atoms with E-state index in [1.54, 1.807) is 24.0 Å². The minimum absolute atomic E-state index is 0.0000101. The van der Waals surface area contributed by atoms with Gasteiger partial charge in [-0.3, -0.25) is 14.6 Å². The summed E-state index contributed by atoms with van der Waals surface area (Å²) < 4.78 is 0. The first-order valence-corrected chi connectivity index (χ1v) is 7.95. The normalized spacial score (nSPS) is 13.7. The molecule has 1 fully saturated rings. The molecule has 0 saturated heterocycles. The van der Waals surface area contributed by atoms with Crippen molar-refractivity contribution in [2.75, 3.05) is 11.4 Å². The Labute approximate surface area is 140 Å². The fourth-order valence-electron chi connectivity index (χ4n) is 2.49. The Morgan fingerprint density at radius 2 is 2.13 bits per heavy atom. The SMILES string of the molecule is CC(=O)N(CC1CC1)c1ccc(-c2ccc(C=O)cn2)cc1Cl. The van der Waals surface area contributed by atoms with Crippen molar-refractivity contribution >= 4 is 29.5 Å². The maximum absolute atomic E-state index is 11.9. The summed E-state index contributed by atoms with van der Waals surface area (Å²) in [7, 11) is 0. The molecule has 1 aromatic carbocycles. The molecule has 1 aromatic heterocycles. The number of hydrogen-bond acceptors (Lipinski definition) is 3. The molecule has 23 heavy (non-hydrogen) atoms. The minimum Gasteiger partial charge on any atom is -0.311 e. The van der Waals surface area contributed by atoms with Gasteiger partial charge in [-0.25, -0.2) is 0 Å². The number of carbonyl (C=O) groups is 2. The highest BCUT2D eigenvalue weighted by Crippen LogP contribution is 2.35. The Balaban J connectivity index is 1.89. The Kier molecular flexibility index (Phi) is 4.44. The third-order valence-corrected chi connectivity index (χ3v) is 4.28. The van der Waals surface area contributed by atoms with Crippen molar-refractivity contribution in [1.82, 2.24) is 4.98 Å². The maximum atomic E-state index is 11.9. The van der Waals surface area contributed by atoms with Crippen LogP contribution in [0.15, 0.2) is 36.5 Å². The van der Waals surface area contributed by atoms with E-state index in [0.29, 0.717) is 16.5 Å². The maximum Gasteiger partial charge on any atom is 0.223 e. The number of carbonyl (C=O) groups excluding carboxylic acids is 2. The highest BCUT2D eigenvalue weighted by molar-refractivity contribution is 6.34. The van der Waals surface area contributed by atoms with Gasteiger partial charge in [0.25, 0.3) is 0 Å². The summed E-state index contributed by atoms with van der Waals surface area (Å²) in [5.41, 5.74) is 2.86. The lowest BCUT2D eigenvalue weighted by molar-refractivity contribution is -0.116. The van der Waals surface area contributed by atoms with Crippen LogP contribution in [0.3, 0.4) is 0 Å². The molecule has 2 aromatic rings. The Morgan fingerprint density at radius 3 is 2.65 bits per heavy atom. The van der Waals surface area contributed by atoms with Gasteiger partial charge < -0.3 is 4.90 Å². The molecule has 0 spiro atoms. The van der Waals surface area contributed by atoms with E-state index >= 15 is 0 Å². The lowest BCUT2D eigenvalue weighted by Gasteiger charge is -2.22. The Morgan fingerprint density at radius 1 is 1.35 bits per heavy atom. The van der Waals surface area contributed by atoms with Crippen LogP contribution >= 0.6 is 11.6 Å². The number of benzene rings is 1. The predicted octanol–water partition coefficient (Wildman–Crippen LogP) is 3.98. The van der Waals surface area contributed by atoms with Crippen molar-refractivity contribution in [3.05, 3.63) is 47.1 Å². The molecule has 1 saturated carbocycles. The average molecular weight is 329 g/mol. The van der Waals surface area contributed by atoms with Crippen molar-refractivity contribution in [3.8, 4) is 11.3 Å². The number of nitrogens with zero attached hydrogens (tertiary/aromatic N) is 2. The first-order chi connectivity index (χ1) is 11.1. The van der Waals surface area contributed by atoms with Gasteiger partial charge >= 0.3 is 0 Å². The van der Waals surface area contributed by atoms with Crippen LogP contribution in [0.1, 0.15) is 30.1 Å². The summed E-state index contributed by atoms with van der Waals surface area (Å²) in [6, 6.07) is 9.06. The van der Waals surface area contributed by atoms with Crippen LogP contribution in [-0.4, -0.2) is 23.7 Å². The third kappa shape index (κ3) is 3.59. The standard InChI is InChI=1S/C18H17ClN2O2/c1-12(23)21(10-13-2-3-13)18-7-5-15(8-16(18)19)17-6-4-14(11-22)9-20-17/h4-9,11,13H,2-3,10H2,1H3. The molecule has 0 bridgehead atoms. The molecule has 118 valence electrons. The number of hydrogen-bond donors (Lipinski definition) is 0. The monoisotopic (exact) mass is 328 g/mol. The van der Waals surface area contributed by atoms with E-state index < -0.39 is 0 Å². The molecule has 5 heteroatoms. The zero-order chi connectivity index (χ0) is 16.4. The van der Waals surface area contributed by atoms with E-state index in [2.05, 4.69) is 4.98 Å². The second-order valence-corrected chi connectivity index (χ2v) is 6.24. The van der Waals surface area contributed by atoms with E-state index in [4.69, 9.17) is 11.6 Å². The van der Waals surface area contributed by atoms with Gasteiger partial charge in [0.2, 0.25) is 5.91 Å². The van der Waals surface area contributed by atoms with E-state index in [9.17, 15) is 9.59 Å². The molecule has 1 amide bonds. The van der Waals surface area contributed by atoms with Crippen LogP contribution in [0.4, 0.5) is 5.69 Å². The van der Waals surface area contributed by atoms with Crippen LogP contribution in [0, 0.1) is 5.92 Å². The number of aldehydes is 1. The molecule has 0 atom stereocenters. The molecule has 0 radical (unpaired) electrons. The third-order valence-electron chi connectivity index (χ3n) is 3.97. The molecule has 3 rings (SSSR count). The molecular formula is C18H17ClN2O2. The van der Waals surface area contributed by atoms with Crippen molar-refractivity contribution in [2.45, 2.75) is 19.8 Å². The van der Waals surface area contributed by atoms with Crippen molar-refractivity contribution in [1.29, 1.82) is 0 Å². The van der Waals surface area contributed by atoms with Gasteiger partial charge in [0.15, 0.2) is 6.29 Å². The molecule has 1 heterocycles. The van der Waals surface area contributed by atoms with Gasteiger partial charge in [-0.15, -0.1) is 0 Å². The van der Waals surface area contributed by atoms with Gasteiger partial charge in [-0.2, -0.15) is 0 Å². The van der Waals surface area contributed by atoms with Gasteiger partial charge in [0, 0.05) is 30.8 Å². The second kappa shape index (κ2) is 6.50. The van der Waals surface area contributed by atoms with Crippen molar-refractivity contribution in [3.63, 3.8) is 0 Å². The van der Waals surface area contributed by atoms with Crippen LogP contribution in [0.2, 0.25) is 5.02 Å². The Hall–Kier alpha value is -2.20. The highest BCUT2D eigenvalue weighted by Gasteiger charge is 2.27. The molecular weight excluding hydrogens is 312 g/mol.